The Morgan fingerprint density at radius 2 is 1.83 bits per heavy atom. The van der Waals surface area contributed by atoms with Crippen LogP contribution in [0.5, 0.6) is 0 Å². The van der Waals surface area contributed by atoms with Gasteiger partial charge in [-0.05, 0) is 35.7 Å². The summed E-state index contributed by atoms with van der Waals surface area (Å²) in [6.45, 7) is 0.443. The van der Waals surface area contributed by atoms with Gasteiger partial charge in [0.25, 0.3) is 0 Å². The van der Waals surface area contributed by atoms with Crippen molar-refractivity contribution >= 4 is 16.0 Å². The van der Waals surface area contributed by atoms with Gasteiger partial charge in [-0.3, -0.25) is 0 Å². The summed E-state index contributed by atoms with van der Waals surface area (Å²) in [6, 6.07) is 10.4. The second-order valence-corrected chi connectivity index (χ2v) is 7.21. The van der Waals surface area contributed by atoms with Crippen molar-refractivity contribution in [1.29, 1.82) is 0 Å². The maximum Gasteiger partial charge on any atom is 0.335 e. The van der Waals surface area contributed by atoms with Gasteiger partial charge in [-0.15, -0.1) is 0 Å². The van der Waals surface area contributed by atoms with Crippen LogP contribution in [0.25, 0.3) is 0 Å². The Morgan fingerprint density at radius 3 is 2.48 bits per heavy atom. The van der Waals surface area contributed by atoms with E-state index in [0.717, 1.165) is 29.3 Å². The lowest BCUT2D eigenvalue weighted by Gasteiger charge is -2.28. The molecule has 0 amide bonds. The van der Waals surface area contributed by atoms with Crippen LogP contribution in [0.1, 0.15) is 21.5 Å². The van der Waals surface area contributed by atoms with Crippen LogP contribution in [0.3, 0.4) is 0 Å². The molecule has 0 spiro atoms. The van der Waals surface area contributed by atoms with E-state index in [9.17, 15) is 17.6 Å². The summed E-state index contributed by atoms with van der Waals surface area (Å²) in [7, 11) is -4.01. The number of fused-ring (bicyclic) bond motifs is 1. The summed E-state index contributed by atoms with van der Waals surface area (Å²) in [6.07, 6.45) is 0.560. The molecule has 0 unspecified atom stereocenters. The third kappa shape index (κ3) is 2.85. The van der Waals surface area contributed by atoms with Crippen molar-refractivity contribution in [3.05, 3.63) is 65.0 Å². The molecule has 1 aliphatic rings. The first-order valence-corrected chi connectivity index (χ1v) is 8.43. The lowest BCUT2D eigenvalue weighted by molar-refractivity contribution is 0.0696. The number of hydrogen-bond acceptors (Lipinski definition) is 3. The molecule has 23 heavy (non-hydrogen) atoms. The normalized spacial score (nSPS) is 15.2. The lowest BCUT2D eigenvalue weighted by Crippen LogP contribution is -2.36. The van der Waals surface area contributed by atoms with Crippen LogP contribution in [0.4, 0.5) is 4.39 Å². The van der Waals surface area contributed by atoms with E-state index in [4.69, 9.17) is 5.11 Å². The molecule has 1 N–H and O–H groups in total. The smallest absolute Gasteiger partial charge is 0.335 e. The van der Waals surface area contributed by atoms with Crippen LogP contribution >= 0.6 is 0 Å². The van der Waals surface area contributed by atoms with Crippen LogP contribution in [0.15, 0.2) is 47.4 Å². The van der Waals surface area contributed by atoms with E-state index in [0.29, 0.717) is 6.42 Å². The highest BCUT2D eigenvalue weighted by Crippen LogP contribution is 2.26. The topological polar surface area (TPSA) is 74.7 Å². The van der Waals surface area contributed by atoms with Crippen LogP contribution < -0.4 is 0 Å². The average molecular weight is 335 g/mol. The van der Waals surface area contributed by atoms with Gasteiger partial charge in [0.2, 0.25) is 10.0 Å². The molecule has 0 radical (unpaired) electrons. The number of halogens is 1. The first-order chi connectivity index (χ1) is 10.9. The van der Waals surface area contributed by atoms with Crippen molar-refractivity contribution in [2.45, 2.75) is 17.9 Å². The minimum Gasteiger partial charge on any atom is -0.478 e. The Hall–Kier alpha value is -2.25. The van der Waals surface area contributed by atoms with Crippen LogP contribution in [-0.2, 0) is 23.0 Å². The van der Waals surface area contributed by atoms with Crippen molar-refractivity contribution in [2.75, 3.05) is 6.54 Å². The van der Waals surface area contributed by atoms with E-state index in [-0.39, 0.29) is 18.7 Å². The highest BCUT2D eigenvalue weighted by atomic mass is 32.2. The fourth-order valence-corrected chi connectivity index (χ4v) is 4.12. The summed E-state index contributed by atoms with van der Waals surface area (Å²) in [5, 5.41) is 8.83. The summed E-state index contributed by atoms with van der Waals surface area (Å²) in [5.41, 5.74) is 1.69. The molecule has 120 valence electrons. The summed E-state index contributed by atoms with van der Waals surface area (Å²) < 4.78 is 40.6. The predicted octanol–water partition coefficient (Wildman–Crippen LogP) is 2.27. The van der Waals surface area contributed by atoms with Crippen LogP contribution in [-0.4, -0.2) is 30.3 Å². The number of aromatic carboxylic acids is 1. The van der Waals surface area contributed by atoms with E-state index in [2.05, 4.69) is 0 Å². The molecular formula is C16H14FNO4S. The third-order valence-electron chi connectivity index (χ3n) is 3.89. The fourth-order valence-electron chi connectivity index (χ4n) is 2.66. The molecule has 1 heterocycles. The zero-order valence-corrected chi connectivity index (χ0v) is 12.9. The molecule has 0 saturated heterocycles. The van der Waals surface area contributed by atoms with Gasteiger partial charge in [-0.2, -0.15) is 4.31 Å². The molecular weight excluding hydrogens is 321 g/mol. The lowest BCUT2D eigenvalue weighted by atomic mass is 10.0. The second-order valence-electron chi connectivity index (χ2n) is 5.31. The van der Waals surface area contributed by atoms with E-state index < -0.39 is 26.7 Å². The third-order valence-corrected chi connectivity index (χ3v) is 5.77. The molecule has 0 aliphatic carbocycles. The van der Waals surface area contributed by atoms with Gasteiger partial charge in [0, 0.05) is 13.1 Å². The fraction of sp³-hybridized carbons (Fsp3) is 0.188. The highest BCUT2D eigenvalue weighted by molar-refractivity contribution is 7.89. The van der Waals surface area contributed by atoms with Crippen molar-refractivity contribution in [1.82, 2.24) is 4.31 Å². The number of rotatable bonds is 3. The summed E-state index contributed by atoms with van der Waals surface area (Å²) >= 11 is 0. The van der Waals surface area contributed by atoms with Crippen LogP contribution in [0, 0.1) is 5.82 Å². The first kappa shape index (κ1) is 15.6. The number of sulfonamides is 1. The van der Waals surface area contributed by atoms with E-state index in [1.807, 2.05) is 24.3 Å². The molecule has 0 atom stereocenters. The van der Waals surface area contributed by atoms with Gasteiger partial charge in [0.1, 0.15) is 10.7 Å². The monoisotopic (exact) mass is 335 g/mol. The predicted molar refractivity (Wildman–Crippen MR) is 81.1 cm³/mol. The molecule has 0 bridgehead atoms. The maximum absolute atomic E-state index is 14.1. The van der Waals surface area contributed by atoms with Gasteiger partial charge in [0.05, 0.1) is 5.56 Å². The molecule has 2 aromatic carbocycles. The van der Waals surface area contributed by atoms with Crippen molar-refractivity contribution in [3.8, 4) is 0 Å². The summed E-state index contributed by atoms with van der Waals surface area (Å²) in [5.74, 6) is -2.36. The zero-order chi connectivity index (χ0) is 16.6. The molecule has 2 aromatic rings. The van der Waals surface area contributed by atoms with Gasteiger partial charge in [0.15, 0.2) is 0 Å². The quantitative estimate of drug-likeness (QED) is 0.934. The number of carboxylic acids is 1. The van der Waals surface area contributed by atoms with E-state index in [1.165, 1.54) is 4.31 Å². The number of hydrogen-bond donors (Lipinski definition) is 1. The number of nitrogens with zero attached hydrogens (tertiary/aromatic N) is 1. The molecule has 0 fully saturated rings. The minimum absolute atomic E-state index is 0.179. The molecule has 7 heteroatoms. The summed E-state index contributed by atoms with van der Waals surface area (Å²) in [4.78, 5) is 10.3. The minimum atomic E-state index is -4.01. The first-order valence-electron chi connectivity index (χ1n) is 6.99. The Labute approximate surface area is 133 Å². The van der Waals surface area contributed by atoms with Crippen molar-refractivity contribution in [2.24, 2.45) is 0 Å². The van der Waals surface area contributed by atoms with Crippen LogP contribution in [0.2, 0.25) is 0 Å². The number of carbonyl (C=O) groups is 1. The van der Waals surface area contributed by atoms with Crippen molar-refractivity contribution in [3.63, 3.8) is 0 Å². The van der Waals surface area contributed by atoms with Gasteiger partial charge >= 0.3 is 5.97 Å². The Balaban J connectivity index is 1.95. The highest BCUT2D eigenvalue weighted by Gasteiger charge is 2.30. The van der Waals surface area contributed by atoms with E-state index >= 15 is 0 Å². The zero-order valence-electron chi connectivity index (χ0n) is 12.1. The van der Waals surface area contributed by atoms with E-state index in [1.54, 1.807) is 0 Å². The van der Waals surface area contributed by atoms with Gasteiger partial charge < -0.3 is 5.11 Å². The largest absolute Gasteiger partial charge is 0.478 e. The SMILES string of the molecule is O=C(O)c1ccc(S(=O)(=O)N2CCc3ccccc3C2)c(F)c1. The number of benzene rings is 2. The molecule has 0 saturated carbocycles. The molecule has 3 rings (SSSR count). The standard InChI is InChI=1S/C16H14FNO4S/c17-14-9-12(16(19)20)5-6-15(14)23(21,22)18-8-7-11-3-1-2-4-13(11)10-18/h1-6,9H,7-8,10H2,(H,19,20). The molecule has 5 nitrogen and oxygen atoms in total. The molecule has 1 aliphatic heterocycles. The molecule has 0 aromatic heterocycles. The maximum atomic E-state index is 14.1. The number of carboxylic acid groups (broad SMARTS) is 1. The Morgan fingerprint density at radius 1 is 1.13 bits per heavy atom. The van der Waals surface area contributed by atoms with Crippen molar-refractivity contribution < 1.29 is 22.7 Å². The van der Waals surface area contributed by atoms with Gasteiger partial charge in [-0.25, -0.2) is 17.6 Å². The van der Waals surface area contributed by atoms with Gasteiger partial charge in [-0.1, -0.05) is 24.3 Å². The second kappa shape index (κ2) is 5.75. The average Bonchev–Trinajstić information content (AvgIpc) is 2.54. The Bertz CT molecular complexity index is 879. The Kier molecular flexibility index (Phi) is 3.91.